The number of halogens is 2. The quantitative estimate of drug-likeness (QED) is 0.570. The van der Waals surface area contributed by atoms with Gasteiger partial charge in [-0.1, -0.05) is 24.3 Å². The van der Waals surface area contributed by atoms with E-state index in [1.165, 1.54) is 6.07 Å². The van der Waals surface area contributed by atoms with Crippen molar-refractivity contribution in [3.05, 3.63) is 89.8 Å². The topological polar surface area (TPSA) is 79.3 Å². The second kappa shape index (κ2) is 9.16. The molecule has 0 aliphatic rings. The number of Topliss-reactive ketones (excluding diaryl/α,β-unsaturated/α-hetero) is 1. The van der Waals surface area contributed by atoms with Gasteiger partial charge in [0, 0.05) is 18.0 Å². The lowest BCUT2D eigenvalue weighted by molar-refractivity contribution is -0.136. The number of rotatable bonds is 8. The average molecular weight is 396 g/mol. The molecule has 29 heavy (non-hydrogen) atoms. The first kappa shape index (κ1) is 20.3. The number of ketones is 1. The number of carboxylic acids is 1. The van der Waals surface area contributed by atoms with Gasteiger partial charge in [-0.15, -0.1) is 0 Å². The summed E-state index contributed by atoms with van der Waals surface area (Å²) in [6.45, 7) is -0.440. The van der Waals surface area contributed by atoms with Gasteiger partial charge in [-0.05, 0) is 53.4 Å². The van der Waals surface area contributed by atoms with E-state index < -0.39 is 30.2 Å². The molecule has 7 heteroatoms. The maximum absolute atomic E-state index is 13.5. The first-order valence-electron chi connectivity index (χ1n) is 8.88. The molecule has 1 aromatic heterocycles. The summed E-state index contributed by atoms with van der Waals surface area (Å²) in [5.41, 5.74) is 2.45. The third-order valence-corrected chi connectivity index (χ3v) is 4.40. The summed E-state index contributed by atoms with van der Waals surface area (Å²) in [5.74, 6) is -3.47. The molecular formula is C22H18F2N2O3. The zero-order valence-electron chi connectivity index (χ0n) is 15.3. The van der Waals surface area contributed by atoms with Gasteiger partial charge in [0.05, 0.1) is 12.6 Å². The van der Waals surface area contributed by atoms with E-state index in [4.69, 9.17) is 5.11 Å². The van der Waals surface area contributed by atoms with Gasteiger partial charge in [-0.3, -0.25) is 19.9 Å². The Morgan fingerprint density at radius 3 is 2.41 bits per heavy atom. The number of hydrogen-bond acceptors (Lipinski definition) is 4. The molecule has 2 N–H and O–H groups in total. The number of nitrogens with one attached hydrogen (secondary N) is 1. The van der Waals surface area contributed by atoms with Crippen LogP contribution in [0.15, 0.2) is 67.0 Å². The number of nitrogens with zero attached hydrogens (tertiary/aromatic N) is 1. The van der Waals surface area contributed by atoms with E-state index in [0.717, 1.165) is 23.3 Å². The number of aliphatic carboxylic acids is 1. The SMILES string of the molecule is O=C(O)CN[C@@H](Cc1ccc(F)c(F)c1)C(=O)c1cccc(-c2ccncc2)c1. The molecule has 148 valence electrons. The maximum Gasteiger partial charge on any atom is 0.317 e. The molecule has 0 saturated heterocycles. The largest absolute Gasteiger partial charge is 0.480 e. The number of carboxylic acid groups (broad SMARTS) is 1. The fraction of sp³-hybridized carbons (Fsp3) is 0.136. The lowest BCUT2D eigenvalue weighted by atomic mass is 9.95. The number of carbonyl (C=O) groups is 2. The van der Waals surface area contributed by atoms with Gasteiger partial charge < -0.3 is 5.11 Å². The summed E-state index contributed by atoms with van der Waals surface area (Å²) >= 11 is 0. The average Bonchev–Trinajstić information content (AvgIpc) is 2.73. The first-order chi connectivity index (χ1) is 13.9. The molecule has 0 amide bonds. The van der Waals surface area contributed by atoms with Crippen molar-refractivity contribution in [3.8, 4) is 11.1 Å². The smallest absolute Gasteiger partial charge is 0.317 e. The summed E-state index contributed by atoms with van der Waals surface area (Å²) in [7, 11) is 0. The Morgan fingerprint density at radius 2 is 1.72 bits per heavy atom. The van der Waals surface area contributed by atoms with Crippen LogP contribution in [0.1, 0.15) is 15.9 Å². The fourth-order valence-electron chi connectivity index (χ4n) is 2.97. The monoisotopic (exact) mass is 396 g/mol. The third-order valence-electron chi connectivity index (χ3n) is 4.40. The van der Waals surface area contributed by atoms with Crippen molar-refractivity contribution in [2.24, 2.45) is 0 Å². The number of pyridine rings is 1. The Hall–Kier alpha value is -3.45. The first-order valence-corrected chi connectivity index (χ1v) is 8.88. The maximum atomic E-state index is 13.5. The summed E-state index contributed by atoms with van der Waals surface area (Å²) in [6.07, 6.45) is 3.30. The predicted octanol–water partition coefficient (Wildman–Crippen LogP) is 3.50. The van der Waals surface area contributed by atoms with E-state index >= 15 is 0 Å². The van der Waals surface area contributed by atoms with Gasteiger partial charge in [-0.25, -0.2) is 8.78 Å². The van der Waals surface area contributed by atoms with Crippen molar-refractivity contribution < 1.29 is 23.5 Å². The third kappa shape index (κ3) is 5.30. The van der Waals surface area contributed by atoms with Crippen LogP contribution in [0.25, 0.3) is 11.1 Å². The minimum absolute atomic E-state index is 0.0167. The number of benzene rings is 2. The molecule has 5 nitrogen and oxygen atoms in total. The van der Waals surface area contributed by atoms with Crippen molar-refractivity contribution in [2.45, 2.75) is 12.5 Å². The van der Waals surface area contributed by atoms with Crippen LogP contribution in [-0.2, 0) is 11.2 Å². The van der Waals surface area contributed by atoms with Gasteiger partial charge in [-0.2, -0.15) is 0 Å². The zero-order valence-corrected chi connectivity index (χ0v) is 15.3. The molecule has 2 aromatic carbocycles. The molecule has 0 saturated carbocycles. The van der Waals surface area contributed by atoms with Crippen molar-refractivity contribution in [1.82, 2.24) is 10.3 Å². The van der Waals surface area contributed by atoms with Crippen LogP contribution < -0.4 is 5.32 Å². The van der Waals surface area contributed by atoms with Gasteiger partial charge >= 0.3 is 5.97 Å². The van der Waals surface area contributed by atoms with E-state index in [2.05, 4.69) is 10.3 Å². The number of carbonyl (C=O) groups excluding carboxylic acids is 1. The van der Waals surface area contributed by atoms with Crippen molar-refractivity contribution in [1.29, 1.82) is 0 Å². The summed E-state index contributed by atoms with van der Waals surface area (Å²) in [5, 5.41) is 11.6. The van der Waals surface area contributed by atoms with Crippen LogP contribution in [0, 0.1) is 11.6 Å². The molecule has 3 rings (SSSR count). The van der Waals surface area contributed by atoms with Crippen LogP contribution >= 0.6 is 0 Å². The molecule has 0 unspecified atom stereocenters. The molecule has 0 bridgehead atoms. The lowest BCUT2D eigenvalue weighted by Gasteiger charge is -2.17. The molecule has 0 radical (unpaired) electrons. The Kier molecular flexibility index (Phi) is 6.41. The van der Waals surface area contributed by atoms with Gasteiger partial charge in [0.25, 0.3) is 0 Å². The zero-order chi connectivity index (χ0) is 20.8. The molecule has 1 atom stereocenters. The lowest BCUT2D eigenvalue weighted by Crippen LogP contribution is -2.41. The predicted molar refractivity (Wildman–Crippen MR) is 103 cm³/mol. The van der Waals surface area contributed by atoms with Crippen molar-refractivity contribution >= 4 is 11.8 Å². The summed E-state index contributed by atoms with van der Waals surface area (Å²) in [6, 6.07) is 13.0. The molecule has 0 spiro atoms. The van der Waals surface area contributed by atoms with E-state index in [9.17, 15) is 18.4 Å². The minimum atomic E-state index is -1.13. The van der Waals surface area contributed by atoms with Gasteiger partial charge in [0.1, 0.15) is 0 Å². The van der Waals surface area contributed by atoms with Crippen LogP contribution in [0.4, 0.5) is 8.78 Å². The highest BCUT2D eigenvalue weighted by Crippen LogP contribution is 2.21. The summed E-state index contributed by atoms with van der Waals surface area (Å²) < 4.78 is 26.7. The van der Waals surface area contributed by atoms with Crippen LogP contribution in [-0.4, -0.2) is 34.4 Å². The second-order valence-electron chi connectivity index (χ2n) is 6.46. The second-order valence-corrected chi connectivity index (χ2v) is 6.46. The Morgan fingerprint density at radius 1 is 0.966 bits per heavy atom. The number of hydrogen-bond donors (Lipinski definition) is 2. The standard InChI is InChI=1S/C22H18F2N2O3/c23-18-5-4-14(10-19(18)24)11-20(26-13-21(27)28)22(29)17-3-1-2-16(12-17)15-6-8-25-9-7-15/h1-10,12,20,26H,11,13H2,(H,27,28)/t20-/m0/s1. The molecule has 0 fully saturated rings. The van der Waals surface area contributed by atoms with Crippen LogP contribution in [0.2, 0.25) is 0 Å². The van der Waals surface area contributed by atoms with Crippen LogP contribution in [0.3, 0.4) is 0 Å². The number of aromatic nitrogens is 1. The van der Waals surface area contributed by atoms with E-state index in [1.54, 1.807) is 30.6 Å². The molecule has 0 aliphatic heterocycles. The molecular weight excluding hydrogens is 378 g/mol. The molecule has 1 heterocycles. The Bertz CT molecular complexity index is 1030. The minimum Gasteiger partial charge on any atom is -0.480 e. The van der Waals surface area contributed by atoms with Gasteiger partial charge in [0.2, 0.25) is 0 Å². The fourth-order valence-corrected chi connectivity index (χ4v) is 2.97. The van der Waals surface area contributed by atoms with Gasteiger partial charge in [0.15, 0.2) is 17.4 Å². The Labute approximate surface area is 166 Å². The summed E-state index contributed by atoms with van der Waals surface area (Å²) in [4.78, 5) is 28.0. The highest BCUT2D eigenvalue weighted by atomic mass is 19.2. The molecule has 3 aromatic rings. The molecule has 0 aliphatic carbocycles. The Balaban J connectivity index is 1.87. The van der Waals surface area contributed by atoms with E-state index in [-0.39, 0.29) is 12.2 Å². The van der Waals surface area contributed by atoms with E-state index in [1.807, 2.05) is 18.2 Å². The van der Waals surface area contributed by atoms with Crippen LogP contribution in [0.5, 0.6) is 0 Å². The van der Waals surface area contributed by atoms with E-state index in [0.29, 0.717) is 11.1 Å². The normalized spacial score (nSPS) is 11.8. The highest BCUT2D eigenvalue weighted by molar-refractivity contribution is 6.01. The highest BCUT2D eigenvalue weighted by Gasteiger charge is 2.22. The van der Waals surface area contributed by atoms with Crippen molar-refractivity contribution in [2.75, 3.05) is 6.54 Å². The van der Waals surface area contributed by atoms with Crippen molar-refractivity contribution in [3.63, 3.8) is 0 Å².